The van der Waals surface area contributed by atoms with Gasteiger partial charge in [0.05, 0.1) is 18.6 Å². The smallest absolute Gasteiger partial charge is 0.311 e. The molecule has 0 unspecified atom stereocenters. The minimum absolute atomic E-state index is 0.0404. The van der Waals surface area contributed by atoms with Crippen LogP contribution in [0.3, 0.4) is 0 Å². The van der Waals surface area contributed by atoms with Gasteiger partial charge in [0, 0.05) is 19.6 Å². The summed E-state index contributed by atoms with van der Waals surface area (Å²) < 4.78 is 11.5. The van der Waals surface area contributed by atoms with Gasteiger partial charge in [0.2, 0.25) is 0 Å². The lowest BCUT2D eigenvalue weighted by Gasteiger charge is -2.37. The molecule has 4 nitrogen and oxygen atoms in total. The van der Waals surface area contributed by atoms with Gasteiger partial charge in [0.25, 0.3) is 0 Å². The number of carbonyl (C=O) groups is 1. The molecule has 2 aromatic rings. The van der Waals surface area contributed by atoms with Gasteiger partial charge in [-0.1, -0.05) is 39.0 Å². The number of benzene rings is 2. The average molecular weight is 424 g/mol. The van der Waals surface area contributed by atoms with Crippen LogP contribution in [0.4, 0.5) is 0 Å². The highest BCUT2D eigenvalue weighted by molar-refractivity contribution is 5.84. The van der Waals surface area contributed by atoms with Gasteiger partial charge < -0.3 is 9.47 Å². The average Bonchev–Trinajstić information content (AvgIpc) is 2.70. The van der Waals surface area contributed by atoms with E-state index in [9.17, 15) is 4.79 Å². The summed E-state index contributed by atoms with van der Waals surface area (Å²) in [7, 11) is 0. The summed E-state index contributed by atoms with van der Waals surface area (Å²) in [5, 5.41) is 2.46. The molecule has 1 saturated carbocycles. The Morgan fingerprint density at radius 3 is 2.35 bits per heavy atom. The van der Waals surface area contributed by atoms with Gasteiger partial charge in [0.15, 0.2) is 0 Å². The first-order valence-electron chi connectivity index (χ1n) is 11.9. The zero-order valence-electron chi connectivity index (χ0n) is 19.5. The topological polar surface area (TPSA) is 38.8 Å². The number of ether oxygens (including phenoxy) is 2. The molecule has 2 aromatic carbocycles. The quantitative estimate of drug-likeness (QED) is 0.549. The number of fused-ring (bicyclic) bond motifs is 1. The van der Waals surface area contributed by atoms with Crippen molar-refractivity contribution in [3.63, 3.8) is 0 Å². The van der Waals surface area contributed by atoms with Crippen LogP contribution in [0.25, 0.3) is 10.8 Å². The highest BCUT2D eigenvalue weighted by atomic mass is 16.5. The van der Waals surface area contributed by atoms with E-state index in [2.05, 4.69) is 62.1 Å². The fourth-order valence-corrected chi connectivity index (χ4v) is 5.05. The predicted octanol–water partition coefficient (Wildman–Crippen LogP) is 5.82. The standard InChI is InChI=1S/C27H37NO3/c1-5-30-26(29)22-17-28(18-22)16-19-6-7-21-15-25(11-8-20(21)14-19)31-24-12-9-23(10-13-24)27(2,3)4/h6-8,11,14-15,22-24H,5,9-10,12-13,16-18H2,1-4H3. The maximum absolute atomic E-state index is 11.8. The summed E-state index contributed by atoms with van der Waals surface area (Å²) in [5.41, 5.74) is 1.69. The molecule has 0 aromatic heterocycles. The van der Waals surface area contributed by atoms with Gasteiger partial charge in [0.1, 0.15) is 5.75 Å². The predicted molar refractivity (Wildman–Crippen MR) is 125 cm³/mol. The number of rotatable bonds is 6. The lowest BCUT2D eigenvalue weighted by atomic mass is 9.72. The molecule has 31 heavy (non-hydrogen) atoms. The maximum atomic E-state index is 11.8. The van der Waals surface area contributed by atoms with Crippen LogP contribution in [-0.2, 0) is 16.1 Å². The monoisotopic (exact) mass is 423 g/mol. The molecule has 1 aliphatic carbocycles. The first kappa shape index (κ1) is 22.1. The Bertz CT molecular complexity index is 902. The van der Waals surface area contributed by atoms with E-state index in [0.29, 0.717) is 18.1 Å². The molecule has 0 N–H and O–H groups in total. The molecule has 1 saturated heterocycles. The minimum Gasteiger partial charge on any atom is -0.490 e. The number of likely N-dealkylation sites (tertiary alicyclic amines) is 1. The summed E-state index contributed by atoms with van der Waals surface area (Å²) in [6.45, 7) is 11.9. The van der Waals surface area contributed by atoms with E-state index in [1.165, 1.54) is 29.2 Å². The Balaban J connectivity index is 1.31. The maximum Gasteiger partial charge on any atom is 0.311 e. The lowest BCUT2D eigenvalue weighted by molar-refractivity contribution is -0.154. The molecule has 0 amide bonds. The fourth-order valence-electron chi connectivity index (χ4n) is 5.05. The van der Waals surface area contributed by atoms with E-state index in [1.54, 1.807) is 0 Å². The molecule has 4 rings (SSSR count). The second kappa shape index (κ2) is 9.20. The molecule has 2 fully saturated rings. The summed E-state index contributed by atoms with van der Waals surface area (Å²) >= 11 is 0. The Morgan fingerprint density at radius 2 is 1.68 bits per heavy atom. The van der Waals surface area contributed by atoms with Crippen molar-refractivity contribution in [3.8, 4) is 5.75 Å². The van der Waals surface area contributed by atoms with Crippen molar-refractivity contribution >= 4 is 16.7 Å². The van der Waals surface area contributed by atoms with Gasteiger partial charge >= 0.3 is 5.97 Å². The third-order valence-corrected chi connectivity index (χ3v) is 7.06. The first-order valence-corrected chi connectivity index (χ1v) is 11.9. The summed E-state index contributed by atoms with van der Waals surface area (Å²) in [5.74, 6) is 1.77. The van der Waals surface area contributed by atoms with Crippen molar-refractivity contribution in [3.05, 3.63) is 42.0 Å². The van der Waals surface area contributed by atoms with Crippen molar-refractivity contribution < 1.29 is 14.3 Å². The molecule has 0 atom stereocenters. The van der Waals surface area contributed by atoms with Crippen LogP contribution in [0.5, 0.6) is 5.75 Å². The van der Waals surface area contributed by atoms with Crippen molar-refractivity contribution in [2.24, 2.45) is 17.3 Å². The zero-order chi connectivity index (χ0) is 22.0. The Hall–Kier alpha value is -2.07. The molecule has 1 heterocycles. The van der Waals surface area contributed by atoms with E-state index in [0.717, 1.165) is 44.1 Å². The van der Waals surface area contributed by atoms with Crippen molar-refractivity contribution in [2.75, 3.05) is 19.7 Å². The van der Waals surface area contributed by atoms with Crippen LogP contribution in [0.15, 0.2) is 36.4 Å². The van der Waals surface area contributed by atoms with Crippen molar-refractivity contribution in [2.45, 2.75) is 66.0 Å². The minimum atomic E-state index is -0.0586. The van der Waals surface area contributed by atoms with Crippen LogP contribution in [-0.4, -0.2) is 36.7 Å². The molecule has 1 aliphatic heterocycles. The molecule has 0 spiro atoms. The summed E-state index contributed by atoms with van der Waals surface area (Å²) in [4.78, 5) is 14.1. The van der Waals surface area contributed by atoms with E-state index in [-0.39, 0.29) is 11.9 Å². The van der Waals surface area contributed by atoms with Crippen LogP contribution >= 0.6 is 0 Å². The van der Waals surface area contributed by atoms with Crippen LogP contribution < -0.4 is 4.74 Å². The van der Waals surface area contributed by atoms with E-state index in [4.69, 9.17) is 9.47 Å². The third-order valence-electron chi connectivity index (χ3n) is 7.06. The molecule has 2 aliphatic rings. The number of hydrogen-bond donors (Lipinski definition) is 0. The number of nitrogens with zero attached hydrogens (tertiary/aromatic N) is 1. The Labute approximate surface area is 186 Å². The first-order chi connectivity index (χ1) is 14.8. The molecular weight excluding hydrogens is 386 g/mol. The lowest BCUT2D eigenvalue weighted by Crippen LogP contribution is -2.50. The van der Waals surface area contributed by atoms with E-state index < -0.39 is 0 Å². The molecule has 0 bridgehead atoms. The Kier molecular flexibility index (Phi) is 6.57. The zero-order valence-corrected chi connectivity index (χ0v) is 19.5. The fraction of sp³-hybridized carbons (Fsp3) is 0.593. The van der Waals surface area contributed by atoms with E-state index >= 15 is 0 Å². The SMILES string of the molecule is CCOC(=O)C1CN(Cc2ccc3cc(OC4CCC(C(C)(C)C)CC4)ccc3c2)C1. The van der Waals surface area contributed by atoms with Crippen molar-refractivity contribution in [1.82, 2.24) is 4.90 Å². The molecule has 0 radical (unpaired) electrons. The number of hydrogen-bond acceptors (Lipinski definition) is 4. The summed E-state index contributed by atoms with van der Waals surface area (Å²) in [6.07, 6.45) is 5.18. The normalized spacial score (nSPS) is 22.8. The second-order valence-electron chi connectivity index (χ2n) is 10.4. The molecule has 168 valence electrons. The van der Waals surface area contributed by atoms with Crippen LogP contribution in [0.2, 0.25) is 0 Å². The largest absolute Gasteiger partial charge is 0.490 e. The highest BCUT2D eigenvalue weighted by Gasteiger charge is 2.33. The van der Waals surface area contributed by atoms with Crippen LogP contribution in [0, 0.1) is 17.3 Å². The highest BCUT2D eigenvalue weighted by Crippen LogP contribution is 2.39. The van der Waals surface area contributed by atoms with Gasteiger partial charge in [-0.2, -0.15) is 0 Å². The molecular formula is C27H37NO3. The van der Waals surface area contributed by atoms with Gasteiger partial charge in [-0.15, -0.1) is 0 Å². The van der Waals surface area contributed by atoms with E-state index in [1.807, 2.05) is 6.92 Å². The van der Waals surface area contributed by atoms with Gasteiger partial charge in [-0.3, -0.25) is 9.69 Å². The third kappa shape index (κ3) is 5.41. The second-order valence-corrected chi connectivity index (χ2v) is 10.4. The number of carbonyl (C=O) groups excluding carboxylic acids is 1. The summed E-state index contributed by atoms with van der Waals surface area (Å²) in [6, 6.07) is 13.1. The van der Waals surface area contributed by atoms with Gasteiger partial charge in [-0.05, 0) is 78.5 Å². The van der Waals surface area contributed by atoms with Gasteiger partial charge in [-0.25, -0.2) is 0 Å². The molecule has 4 heteroatoms. The van der Waals surface area contributed by atoms with Crippen LogP contribution in [0.1, 0.15) is 58.9 Å². The Morgan fingerprint density at radius 1 is 1.00 bits per heavy atom. The number of esters is 1. The van der Waals surface area contributed by atoms with Crippen molar-refractivity contribution in [1.29, 1.82) is 0 Å².